The number of amides is 13. The molecule has 34 N–H and O–H groups in total. The molecule has 46 heteroatoms. The van der Waals surface area contributed by atoms with Crippen LogP contribution in [0.2, 0.25) is 0 Å². The lowest BCUT2D eigenvalue weighted by Crippen LogP contribution is -2.61. The summed E-state index contributed by atoms with van der Waals surface area (Å²) in [7, 11) is 0. The van der Waals surface area contributed by atoms with Gasteiger partial charge < -0.3 is 145 Å². The summed E-state index contributed by atoms with van der Waals surface area (Å²) in [5.74, 6) is -20.6. The fourth-order valence-corrected chi connectivity index (χ4v) is 11.1. The van der Waals surface area contributed by atoms with Gasteiger partial charge in [0.05, 0.1) is 45.2 Å². The van der Waals surface area contributed by atoms with Gasteiger partial charge in [-0.05, 0) is 101 Å². The van der Waals surface area contributed by atoms with E-state index in [9.17, 15) is 107 Å². The average Bonchev–Trinajstić information content (AvgIpc) is 0.884. The van der Waals surface area contributed by atoms with Gasteiger partial charge in [-0.15, -0.1) is 0 Å². The van der Waals surface area contributed by atoms with E-state index < -0.39 is 231 Å². The van der Waals surface area contributed by atoms with Gasteiger partial charge >= 0.3 is 17.9 Å². The molecule has 648 valence electrons. The van der Waals surface area contributed by atoms with Gasteiger partial charge in [-0.2, -0.15) is 0 Å². The number of nitrogens with zero attached hydrogens (tertiary/aromatic N) is 3. The van der Waals surface area contributed by atoms with E-state index in [2.05, 4.69) is 89.1 Å². The number of unbranched alkanes of at least 4 members (excludes halogenated alkanes) is 2. The number of aliphatic hydroxyl groups is 3. The van der Waals surface area contributed by atoms with E-state index in [4.69, 9.17) is 40.1 Å². The molecule has 0 aliphatic heterocycles. The van der Waals surface area contributed by atoms with E-state index in [0.29, 0.717) is 31.4 Å². The van der Waals surface area contributed by atoms with E-state index in [1.807, 2.05) is 0 Å². The Labute approximate surface area is 668 Å². The predicted molar refractivity (Wildman–Crippen MR) is 415 cm³/mol. The van der Waals surface area contributed by atoms with Crippen LogP contribution in [-0.2, 0) is 89.6 Å². The summed E-state index contributed by atoms with van der Waals surface area (Å²) >= 11 is 0. The monoisotopic (exact) mass is 1640 g/mol. The van der Waals surface area contributed by atoms with E-state index >= 15 is 0 Å². The topological polar surface area (TPSA) is 786 Å². The first kappa shape index (κ1) is 100. The number of aliphatic carboxylic acids is 3. The number of aliphatic imine (C=N–C) groups is 2. The third kappa shape index (κ3) is 39.3. The number of carbonyl (C=O) groups excluding carboxylic acids is 13. The maximum Gasteiger partial charge on any atom is 0.328 e. The number of aliphatic hydroxyl groups excluding tert-OH is 3. The fourth-order valence-electron chi connectivity index (χ4n) is 11.1. The Morgan fingerprint density at radius 1 is 0.440 bits per heavy atom. The number of H-pyrrole nitrogens is 1. The second kappa shape index (κ2) is 54.1. The molecule has 0 bridgehead atoms. The van der Waals surface area contributed by atoms with Crippen molar-refractivity contribution in [1.82, 2.24) is 79.1 Å². The van der Waals surface area contributed by atoms with Crippen LogP contribution in [0.15, 0.2) is 52.8 Å². The van der Waals surface area contributed by atoms with Crippen molar-refractivity contribution in [3.8, 4) is 0 Å². The standard InChI is InChI=1S/C70H116N24O22/c1-36(2)26-45(88-59(106)41(17-9-11-23-72)85-58(105)42(18-12-24-79-69(74)75)84-56(103)40(73)16-8-10-22-71)62(109)91-48(29-54(101)102)64(111)90-47(28-39-30-78-35-82-39)57(104)81-31-52(98)83-49(32-95)65(112)86-44(20-21-53(99)100)61(108)94-55(37(3)4)67(114)87-43(19-13-25-80-70(76)77)60(107)92-50(33-96)66(113)89-46(27-38-14-6-5-7-15-38)63(110)93-51(34-97)68(115)116/h5-7,14-15,30,35-37,40-51,55,95-97H,8-13,16-29,31-34,71-73H2,1-4H3,(H,78,82)(H,81,104)(H,83,98)(H,84,103)(H,85,105)(H,86,112)(H,87,114)(H,88,106)(H,89,113)(H,90,111)(H,91,109)(H,92,107)(H,93,110)(H,94,108)(H,99,100)(H,101,102)(H,115,116)(H4,74,75,79)(H4,76,77,80)/t40-,41-,42-,43-,44-,45-,46-,47-,48-,49-,50-,51-,55-/m0/s1. The Morgan fingerprint density at radius 2 is 0.853 bits per heavy atom. The molecule has 0 saturated heterocycles. The molecule has 0 radical (unpaired) electrons. The van der Waals surface area contributed by atoms with Crippen LogP contribution < -0.4 is 109 Å². The highest BCUT2D eigenvalue weighted by Crippen LogP contribution is 2.14. The summed E-state index contributed by atoms with van der Waals surface area (Å²) in [6, 6.07) is -13.1. The summed E-state index contributed by atoms with van der Waals surface area (Å²) in [6.07, 6.45) is 0.893. The number of hydrogen-bond donors (Lipinski definition) is 27. The number of carboxylic acids is 3. The molecule has 1 heterocycles. The molecule has 0 unspecified atom stereocenters. The number of hydrogen-bond acceptors (Lipinski definition) is 25. The number of carboxylic acid groups (broad SMARTS) is 3. The van der Waals surface area contributed by atoms with Crippen LogP contribution >= 0.6 is 0 Å². The Balaban J connectivity index is 2.40. The molecule has 0 aliphatic rings. The summed E-state index contributed by atoms with van der Waals surface area (Å²) in [6.45, 7) is 2.39. The summed E-state index contributed by atoms with van der Waals surface area (Å²) in [5, 5.41) is 90.2. The second-order valence-electron chi connectivity index (χ2n) is 27.8. The number of nitrogens with two attached hydrogens (primary N) is 7. The van der Waals surface area contributed by atoms with Gasteiger partial charge in [0.2, 0.25) is 76.8 Å². The van der Waals surface area contributed by atoms with Gasteiger partial charge in [0.25, 0.3) is 0 Å². The summed E-state index contributed by atoms with van der Waals surface area (Å²) in [5.41, 5.74) is 40.0. The molecular formula is C70H116N24O22. The van der Waals surface area contributed by atoms with Crippen LogP contribution in [0.25, 0.3) is 0 Å². The Morgan fingerprint density at radius 3 is 1.33 bits per heavy atom. The lowest BCUT2D eigenvalue weighted by Gasteiger charge is -2.28. The van der Waals surface area contributed by atoms with Crippen LogP contribution in [0.4, 0.5) is 0 Å². The lowest BCUT2D eigenvalue weighted by molar-refractivity contribution is -0.143. The zero-order valence-corrected chi connectivity index (χ0v) is 65.3. The van der Waals surface area contributed by atoms with Crippen molar-refractivity contribution in [2.45, 2.75) is 209 Å². The molecular weight excluding hydrogens is 1530 g/mol. The van der Waals surface area contributed by atoms with Crippen molar-refractivity contribution in [2.75, 3.05) is 52.5 Å². The molecule has 2 rings (SSSR count). The van der Waals surface area contributed by atoms with E-state index in [1.54, 1.807) is 44.2 Å². The molecule has 1 aromatic heterocycles. The van der Waals surface area contributed by atoms with Crippen molar-refractivity contribution >= 4 is 107 Å². The first-order chi connectivity index (χ1) is 54.9. The maximum atomic E-state index is 14.3. The normalized spacial score (nSPS) is 14.4. The van der Waals surface area contributed by atoms with Crippen LogP contribution in [0.1, 0.15) is 129 Å². The third-order valence-electron chi connectivity index (χ3n) is 17.3. The SMILES string of the molecule is CC(C)C[C@H](NC(=O)[C@H](CCCCN)NC(=O)[C@H](CCCN=C(N)N)NC(=O)[C@@H](N)CCCCN)C(=O)N[C@@H](CC(=O)O)C(=O)N[C@@H](Cc1cnc[nH]1)C(=O)NCC(=O)N[C@@H](CO)C(=O)N[C@@H](CCC(=O)O)C(=O)N[C@H](C(=O)N[C@@H](CCCN=C(N)N)C(=O)N[C@@H](CO)C(=O)N[C@@H](Cc1ccccc1)C(=O)N[C@@H](CO)C(=O)O)C(C)C. The molecule has 13 atom stereocenters. The number of aromatic amines is 1. The van der Waals surface area contributed by atoms with Crippen LogP contribution in [-0.4, -0.2) is 278 Å². The third-order valence-corrected chi connectivity index (χ3v) is 17.3. The van der Waals surface area contributed by atoms with Gasteiger partial charge in [0.15, 0.2) is 11.9 Å². The highest BCUT2D eigenvalue weighted by molar-refractivity contribution is 6.00. The molecule has 1 aromatic carbocycles. The van der Waals surface area contributed by atoms with Gasteiger partial charge in [-0.25, -0.2) is 9.78 Å². The maximum absolute atomic E-state index is 14.3. The van der Waals surface area contributed by atoms with Gasteiger partial charge in [-0.1, -0.05) is 64.4 Å². The van der Waals surface area contributed by atoms with Gasteiger partial charge in [-0.3, -0.25) is 81.9 Å². The van der Waals surface area contributed by atoms with E-state index in [-0.39, 0.29) is 101 Å². The Bertz CT molecular complexity index is 3600. The Kier molecular flexibility index (Phi) is 46.8. The highest BCUT2D eigenvalue weighted by atomic mass is 16.4. The quantitative estimate of drug-likeness (QED) is 0.0166. The summed E-state index contributed by atoms with van der Waals surface area (Å²) < 4.78 is 0. The zero-order chi connectivity index (χ0) is 87.1. The van der Waals surface area contributed by atoms with E-state index in [0.717, 1.165) is 0 Å². The van der Waals surface area contributed by atoms with Crippen LogP contribution in [0, 0.1) is 11.8 Å². The van der Waals surface area contributed by atoms with Crippen LogP contribution in [0.5, 0.6) is 0 Å². The minimum atomic E-state index is -1.98. The zero-order valence-electron chi connectivity index (χ0n) is 65.3. The fraction of sp³-hybridized carbons (Fsp3) is 0.614. The van der Waals surface area contributed by atoms with E-state index in [1.165, 1.54) is 26.4 Å². The molecule has 13 amide bonds. The molecule has 0 spiro atoms. The largest absolute Gasteiger partial charge is 0.481 e. The van der Waals surface area contributed by atoms with Crippen molar-refractivity contribution in [1.29, 1.82) is 0 Å². The molecule has 0 aliphatic carbocycles. The number of benzene rings is 1. The van der Waals surface area contributed by atoms with Crippen LogP contribution in [0.3, 0.4) is 0 Å². The van der Waals surface area contributed by atoms with Gasteiger partial charge in [0, 0.05) is 44.2 Å². The second-order valence-corrected chi connectivity index (χ2v) is 27.8. The molecule has 2 aromatic rings. The minimum absolute atomic E-state index is 0.0182. The molecule has 116 heavy (non-hydrogen) atoms. The van der Waals surface area contributed by atoms with Crippen molar-refractivity contribution < 1.29 is 107 Å². The number of rotatable bonds is 58. The first-order valence-electron chi connectivity index (χ1n) is 37.6. The minimum Gasteiger partial charge on any atom is -0.481 e. The first-order valence-corrected chi connectivity index (χ1v) is 37.6. The smallest absolute Gasteiger partial charge is 0.328 e. The number of imidazole rings is 1. The molecule has 0 saturated carbocycles. The number of aromatic nitrogens is 2. The number of guanidine groups is 2. The number of nitrogens with one attached hydrogen (secondary N) is 14. The summed E-state index contributed by atoms with van der Waals surface area (Å²) in [4.78, 5) is 231. The molecule has 0 fully saturated rings. The van der Waals surface area contributed by atoms with Gasteiger partial charge in [0.1, 0.15) is 72.5 Å². The van der Waals surface area contributed by atoms with Crippen molar-refractivity contribution in [3.05, 3.63) is 54.1 Å². The van der Waals surface area contributed by atoms with Crippen molar-refractivity contribution in [2.24, 2.45) is 62.0 Å². The average molecular weight is 1650 g/mol. The Hall–Kier alpha value is -11.8. The predicted octanol–water partition coefficient (Wildman–Crippen LogP) is -10.1. The van der Waals surface area contributed by atoms with Crippen molar-refractivity contribution in [3.63, 3.8) is 0 Å². The number of carbonyl (C=O) groups is 16. The molecule has 46 nitrogen and oxygen atoms in total. The lowest BCUT2D eigenvalue weighted by atomic mass is 10.0. The highest BCUT2D eigenvalue weighted by Gasteiger charge is 2.38.